The number of aromatic nitrogens is 5. The summed E-state index contributed by atoms with van der Waals surface area (Å²) < 4.78 is 0. The van der Waals surface area contributed by atoms with E-state index in [1.807, 2.05) is 6.07 Å². The van der Waals surface area contributed by atoms with Crippen LogP contribution in [0.3, 0.4) is 0 Å². The first-order valence-electron chi connectivity index (χ1n) is 8.88. The molecule has 2 N–H and O–H groups in total. The van der Waals surface area contributed by atoms with Crippen LogP contribution in [0.15, 0.2) is 37.1 Å². The summed E-state index contributed by atoms with van der Waals surface area (Å²) in [7, 11) is 0. The van der Waals surface area contributed by atoms with E-state index in [1.54, 1.807) is 24.7 Å². The lowest BCUT2D eigenvalue weighted by Crippen LogP contribution is -2.41. The van der Waals surface area contributed by atoms with Crippen molar-refractivity contribution in [2.45, 2.75) is 24.8 Å². The molecule has 0 radical (unpaired) electrons. The highest BCUT2D eigenvalue weighted by molar-refractivity contribution is 5.97. The number of amides is 1. The fourth-order valence-electron chi connectivity index (χ4n) is 4.13. The number of nitrogens with one attached hydrogen (secondary N) is 2. The fraction of sp³-hybridized carbons (Fsp3) is 0.389. The van der Waals surface area contributed by atoms with Gasteiger partial charge >= 0.3 is 0 Å². The van der Waals surface area contributed by atoms with Gasteiger partial charge in [0.15, 0.2) is 0 Å². The molecule has 26 heavy (non-hydrogen) atoms. The van der Waals surface area contributed by atoms with Gasteiger partial charge in [-0.05, 0) is 31.4 Å². The van der Waals surface area contributed by atoms with Gasteiger partial charge in [0.1, 0.15) is 17.7 Å². The molecule has 3 aromatic heterocycles. The van der Waals surface area contributed by atoms with Crippen molar-refractivity contribution in [3.05, 3.63) is 42.7 Å². The summed E-state index contributed by atoms with van der Waals surface area (Å²) in [6.07, 6.45) is 10.0. The van der Waals surface area contributed by atoms with Crippen molar-refractivity contribution in [3.63, 3.8) is 0 Å². The molecule has 1 saturated carbocycles. The first kappa shape index (κ1) is 15.2. The molecule has 0 bridgehead atoms. The Morgan fingerprint density at radius 3 is 2.92 bits per heavy atom. The van der Waals surface area contributed by atoms with Gasteiger partial charge in [0.2, 0.25) is 5.95 Å². The van der Waals surface area contributed by atoms with Crippen LogP contribution in [0.25, 0.3) is 11.0 Å². The summed E-state index contributed by atoms with van der Waals surface area (Å²) in [4.78, 5) is 34.8. The molecule has 1 unspecified atom stereocenters. The molecule has 4 heterocycles. The van der Waals surface area contributed by atoms with E-state index in [9.17, 15) is 4.79 Å². The van der Waals surface area contributed by atoms with Gasteiger partial charge in [0.25, 0.3) is 5.91 Å². The number of rotatable bonds is 4. The molecular formula is C18H19N7O. The highest BCUT2D eigenvalue weighted by Gasteiger charge is 2.58. The Balaban J connectivity index is 1.28. The summed E-state index contributed by atoms with van der Waals surface area (Å²) in [6.45, 7) is 1.59. The van der Waals surface area contributed by atoms with Crippen molar-refractivity contribution in [2.24, 2.45) is 5.92 Å². The lowest BCUT2D eigenvalue weighted by molar-refractivity contribution is 0.0941. The van der Waals surface area contributed by atoms with Crippen molar-refractivity contribution >= 4 is 22.9 Å². The molecule has 8 nitrogen and oxygen atoms in total. The van der Waals surface area contributed by atoms with Gasteiger partial charge in [-0.15, -0.1) is 0 Å². The zero-order valence-electron chi connectivity index (χ0n) is 14.2. The third kappa shape index (κ3) is 2.40. The van der Waals surface area contributed by atoms with Crippen molar-refractivity contribution in [2.75, 3.05) is 18.0 Å². The van der Waals surface area contributed by atoms with Crippen LogP contribution in [0, 0.1) is 5.92 Å². The Morgan fingerprint density at radius 1 is 1.31 bits per heavy atom. The molecule has 2 fully saturated rings. The smallest absolute Gasteiger partial charge is 0.267 e. The first-order valence-corrected chi connectivity index (χ1v) is 8.88. The Bertz CT molecular complexity index is 917. The predicted molar refractivity (Wildman–Crippen MR) is 95.7 cm³/mol. The monoisotopic (exact) mass is 349 g/mol. The SMILES string of the molecule is O=C(NCC1CCN(c2ncccn2)C12CC2)c1cc2cncnc2[nH]1. The average Bonchev–Trinajstić information content (AvgIpc) is 3.21. The quantitative estimate of drug-likeness (QED) is 0.741. The Labute approximate surface area is 150 Å². The first-order chi connectivity index (χ1) is 12.8. The second-order valence-electron chi connectivity index (χ2n) is 7.01. The van der Waals surface area contributed by atoms with Gasteiger partial charge in [-0.25, -0.2) is 19.9 Å². The maximum absolute atomic E-state index is 12.5. The average molecular weight is 349 g/mol. The van der Waals surface area contributed by atoms with Crippen molar-refractivity contribution in [3.8, 4) is 0 Å². The minimum Gasteiger partial charge on any atom is -0.350 e. The van der Waals surface area contributed by atoms with E-state index in [0.717, 1.165) is 37.1 Å². The summed E-state index contributed by atoms with van der Waals surface area (Å²) in [5.41, 5.74) is 1.31. The van der Waals surface area contributed by atoms with Crippen LogP contribution < -0.4 is 10.2 Å². The number of hydrogen-bond donors (Lipinski definition) is 2. The Hall–Kier alpha value is -3.03. The molecule has 132 valence electrons. The molecule has 8 heteroatoms. The van der Waals surface area contributed by atoms with Crippen LogP contribution in [-0.4, -0.2) is 49.5 Å². The molecule has 1 spiro atoms. The fourth-order valence-corrected chi connectivity index (χ4v) is 4.13. The van der Waals surface area contributed by atoms with E-state index in [1.165, 1.54) is 6.33 Å². The Kier molecular flexibility index (Phi) is 3.37. The Morgan fingerprint density at radius 2 is 2.15 bits per heavy atom. The van der Waals surface area contributed by atoms with E-state index in [-0.39, 0.29) is 11.4 Å². The number of aromatic amines is 1. The number of carbonyl (C=O) groups is 1. The molecule has 0 aromatic carbocycles. The highest BCUT2D eigenvalue weighted by atomic mass is 16.1. The maximum Gasteiger partial charge on any atom is 0.267 e. The lowest BCUT2D eigenvalue weighted by atomic mass is 9.98. The third-order valence-corrected chi connectivity index (χ3v) is 5.60. The van der Waals surface area contributed by atoms with Crippen LogP contribution in [0.5, 0.6) is 0 Å². The number of carbonyl (C=O) groups excluding carboxylic acids is 1. The summed E-state index contributed by atoms with van der Waals surface area (Å²) in [5, 5.41) is 3.92. The second-order valence-corrected chi connectivity index (χ2v) is 7.01. The second kappa shape index (κ2) is 5.76. The van der Waals surface area contributed by atoms with Crippen molar-refractivity contribution in [1.29, 1.82) is 0 Å². The summed E-state index contributed by atoms with van der Waals surface area (Å²) in [6, 6.07) is 3.62. The summed E-state index contributed by atoms with van der Waals surface area (Å²) >= 11 is 0. The zero-order valence-corrected chi connectivity index (χ0v) is 14.2. The van der Waals surface area contributed by atoms with Crippen LogP contribution in [0.1, 0.15) is 29.8 Å². The van der Waals surface area contributed by atoms with Gasteiger partial charge in [-0.1, -0.05) is 0 Å². The molecule has 1 atom stereocenters. The lowest BCUT2D eigenvalue weighted by Gasteiger charge is -2.28. The van der Waals surface area contributed by atoms with E-state index >= 15 is 0 Å². The standard InChI is InChI=1S/C18H19N7O/c26-16(14-8-12-9-19-11-23-15(12)24-14)22-10-13-2-7-25(18(13)3-4-18)17-20-5-1-6-21-17/h1,5-6,8-9,11,13H,2-4,7,10H2,(H,22,26)(H,19,23,24). The normalized spacial score (nSPS) is 20.6. The van der Waals surface area contributed by atoms with Crippen LogP contribution in [0.4, 0.5) is 5.95 Å². The molecule has 2 aliphatic rings. The molecule has 1 saturated heterocycles. The van der Waals surface area contributed by atoms with Gasteiger partial charge in [0.05, 0.1) is 0 Å². The largest absolute Gasteiger partial charge is 0.350 e. The molecule has 1 aliphatic carbocycles. The molecule has 5 rings (SSSR count). The number of anilines is 1. The molecule has 3 aromatic rings. The van der Waals surface area contributed by atoms with E-state index in [4.69, 9.17) is 0 Å². The zero-order chi connectivity index (χ0) is 17.6. The number of hydrogen-bond acceptors (Lipinski definition) is 6. The van der Waals surface area contributed by atoms with Crippen LogP contribution in [0.2, 0.25) is 0 Å². The molecular weight excluding hydrogens is 330 g/mol. The van der Waals surface area contributed by atoms with E-state index in [0.29, 0.717) is 23.8 Å². The third-order valence-electron chi connectivity index (χ3n) is 5.60. The van der Waals surface area contributed by atoms with Crippen molar-refractivity contribution < 1.29 is 4.79 Å². The molecule has 1 amide bonds. The number of H-pyrrole nitrogens is 1. The minimum absolute atomic E-state index is 0.104. The molecule has 1 aliphatic heterocycles. The minimum atomic E-state index is -0.104. The van der Waals surface area contributed by atoms with Gasteiger partial charge in [-0.2, -0.15) is 0 Å². The van der Waals surface area contributed by atoms with E-state index < -0.39 is 0 Å². The number of fused-ring (bicyclic) bond motifs is 1. The van der Waals surface area contributed by atoms with Gasteiger partial charge in [-0.3, -0.25) is 4.79 Å². The van der Waals surface area contributed by atoms with Crippen LogP contribution >= 0.6 is 0 Å². The van der Waals surface area contributed by atoms with Crippen LogP contribution in [-0.2, 0) is 0 Å². The highest BCUT2D eigenvalue weighted by Crippen LogP contribution is 2.53. The van der Waals surface area contributed by atoms with Crippen molar-refractivity contribution in [1.82, 2.24) is 30.2 Å². The summed E-state index contributed by atoms with van der Waals surface area (Å²) in [5.74, 6) is 1.11. The predicted octanol–water partition coefficient (Wildman–Crippen LogP) is 1.54. The topological polar surface area (TPSA) is 99.7 Å². The van der Waals surface area contributed by atoms with Gasteiger partial charge < -0.3 is 15.2 Å². The maximum atomic E-state index is 12.5. The number of nitrogens with zero attached hydrogens (tertiary/aromatic N) is 5. The van der Waals surface area contributed by atoms with E-state index in [2.05, 4.69) is 35.1 Å². The van der Waals surface area contributed by atoms with Gasteiger partial charge in [0, 0.05) is 48.5 Å².